The molecule has 0 fully saturated rings. The maximum atomic E-state index is 11.1. The van der Waals surface area contributed by atoms with Gasteiger partial charge in [0.2, 0.25) is 5.91 Å². The van der Waals surface area contributed by atoms with Gasteiger partial charge in [0.05, 0.1) is 6.54 Å². The van der Waals surface area contributed by atoms with Crippen LogP contribution < -0.4 is 16.0 Å². The zero-order valence-corrected chi connectivity index (χ0v) is 13.2. The third kappa shape index (κ3) is 5.61. The summed E-state index contributed by atoms with van der Waals surface area (Å²) in [5.74, 6) is -0.308. The van der Waals surface area contributed by atoms with Crippen LogP contribution in [0.5, 0.6) is 0 Å². The van der Waals surface area contributed by atoms with Crippen molar-refractivity contribution in [1.82, 2.24) is 5.32 Å². The van der Waals surface area contributed by atoms with Crippen LogP contribution in [0.15, 0.2) is 24.3 Å². The lowest BCUT2D eigenvalue weighted by Gasteiger charge is -2.28. The Morgan fingerprint density at radius 3 is 2.20 bits per heavy atom. The Labute approximate surface area is 122 Å². The molecule has 0 saturated heterocycles. The van der Waals surface area contributed by atoms with Crippen LogP contribution in [0.4, 0.5) is 5.69 Å². The highest BCUT2D eigenvalue weighted by Gasteiger charge is 2.13. The second kappa shape index (κ2) is 6.75. The zero-order chi connectivity index (χ0) is 15.3. The summed E-state index contributed by atoms with van der Waals surface area (Å²) in [4.78, 5) is 13.1. The van der Waals surface area contributed by atoms with Crippen molar-refractivity contribution in [2.45, 2.75) is 52.7 Å². The molecule has 0 aliphatic rings. The van der Waals surface area contributed by atoms with E-state index in [1.54, 1.807) is 0 Å². The second-order valence-corrected chi connectivity index (χ2v) is 6.46. The molecule has 0 aromatic heterocycles. The fourth-order valence-corrected chi connectivity index (χ4v) is 1.91. The van der Waals surface area contributed by atoms with Gasteiger partial charge >= 0.3 is 0 Å². The lowest BCUT2D eigenvalue weighted by Crippen LogP contribution is -2.38. The van der Waals surface area contributed by atoms with Crippen LogP contribution in [-0.4, -0.2) is 24.0 Å². The summed E-state index contributed by atoms with van der Waals surface area (Å²) < 4.78 is 0. The molecular formula is C16H27N3O. The van der Waals surface area contributed by atoms with Crippen LogP contribution in [0.2, 0.25) is 0 Å². The molecule has 0 radical (unpaired) electrons. The van der Waals surface area contributed by atoms with E-state index >= 15 is 0 Å². The Kier molecular flexibility index (Phi) is 5.57. The molecule has 1 rings (SSSR count). The minimum atomic E-state index is -0.308. The van der Waals surface area contributed by atoms with E-state index < -0.39 is 0 Å². The lowest BCUT2D eigenvalue weighted by atomic mass is 10.1. The molecule has 0 unspecified atom stereocenters. The van der Waals surface area contributed by atoms with E-state index in [0.717, 1.165) is 12.2 Å². The van der Waals surface area contributed by atoms with Gasteiger partial charge < -0.3 is 16.0 Å². The molecule has 0 spiro atoms. The topological polar surface area (TPSA) is 58.4 Å². The number of carbonyl (C=O) groups is 1. The van der Waals surface area contributed by atoms with E-state index in [1.807, 2.05) is 17.0 Å². The number of primary amides is 1. The van der Waals surface area contributed by atoms with Crippen LogP contribution in [-0.2, 0) is 11.3 Å². The molecule has 112 valence electrons. The summed E-state index contributed by atoms with van der Waals surface area (Å²) in [6.45, 7) is 11.6. The Morgan fingerprint density at radius 2 is 1.80 bits per heavy atom. The fourth-order valence-electron chi connectivity index (χ4n) is 1.91. The van der Waals surface area contributed by atoms with Crippen molar-refractivity contribution >= 4 is 11.6 Å². The standard InChI is InChI=1S/C16H27N3O/c1-12(2)19(11-15(17)20)14-8-6-13(7-9-14)10-18-16(3,4)5/h6-9,12,18H,10-11H2,1-5H3,(H2,17,20). The van der Waals surface area contributed by atoms with Crippen molar-refractivity contribution in [3.05, 3.63) is 29.8 Å². The number of nitrogens with zero attached hydrogens (tertiary/aromatic N) is 1. The van der Waals surface area contributed by atoms with Gasteiger partial charge in [-0.25, -0.2) is 0 Å². The lowest BCUT2D eigenvalue weighted by molar-refractivity contribution is -0.116. The highest BCUT2D eigenvalue weighted by atomic mass is 16.1. The molecule has 4 nitrogen and oxygen atoms in total. The molecule has 0 heterocycles. The third-order valence-electron chi connectivity index (χ3n) is 3.04. The third-order valence-corrected chi connectivity index (χ3v) is 3.04. The molecule has 1 amide bonds. The molecule has 3 N–H and O–H groups in total. The first-order chi connectivity index (χ1) is 9.19. The Balaban J connectivity index is 2.75. The van der Waals surface area contributed by atoms with Crippen molar-refractivity contribution in [2.24, 2.45) is 5.73 Å². The molecule has 1 aromatic rings. The normalized spacial score (nSPS) is 11.7. The summed E-state index contributed by atoms with van der Waals surface area (Å²) in [7, 11) is 0. The number of amides is 1. The number of hydrogen-bond acceptors (Lipinski definition) is 3. The number of carbonyl (C=O) groups excluding carboxylic acids is 1. The minimum absolute atomic E-state index is 0.106. The second-order valence-electron chi connectivity index (χ2n) is 6.46. The molecule has 1 aromatic carbocycles. The average molecular weight is 277 g/mol. The summed E-state index contributed by atoms with van der Waals surface area (Å²) in [6.07, 6.45) is 0. The first-order valence-corrected chi connectivity index (χ1v) is 7.08. The van der Waals surface area contributed by atoms with Crippen LogP contribution >= 0.6 is 0 Å². The number of nitrogens with one attached hydrogen (secondary N) is 1. The Bertz CT molecular complexity index is 432. The molecule has 0 atom stereocenters. The van der Waals surface area contributed by atoms with Gasteiger partial charge in [0, 0.05) is 23.8 Å². The van der Waals surface area contributed by atoms with E-state index in [0.29, 0.717) is 0 Å². The quantitative estimate of drug-likeness (QED) is 0.838. The van der Waals surface area contributed by atoms with Gasteiger partial charge in [-0.15, -0.1) is 0 Å². The molecule has 0 saturated carbocycles. The molecule has 0 bridgehead atoms. The highest BCUT2D eigenvalue weighted by molar-refractivity contribution is 5.79. The zero-order valence-electron chi connectivity index (χ0n) is 13.2. The van der Waals surface area contributed by atoms with Crippen LogP contribution in [0.3, 0.4) is 0 Å². The molecule has 20 heavy (non-hydrogen) atoms. The fraction of sp³-hybridized carbons (Fsp3) is 0.562. The van der Waals surface area contributed by atoms with Gasteiger partial charge in [0.15, 0.2) is 0 Å². The summed E-state index contributed by atoms with van der Waals surface area (Å²) in [5.41, 5.74) is 7.66. The number of nitrogens with two attached hydrogens (primary N) is 1. The van der Waals surface area contributed by atoms with Crippen LogP contribution in [0, 0.1) is 0 Å². The monoisotopic (exact) mass is 277 g/mol. The number of benzene rings is 1. The van der Waals surface area contributed by atoms with Gasteiger partial charge in [0.25, 0.3) is 0 Å². The van der Waals surface area contributed by atoms with Gasteiger partial charge in [-0.05, 0) is 52.3 Å². The van der Waals surface area contributed by atoms with Crippen LogP contribution in [0.1, 0.15) is 40.2 Å². The smallest absolute Gasteiger partial charge is 0.236 e. The molecular weight excluding hydrogens is 250 g/mol. The molecule has 0 aliphatic carbocycles. The largest absolute Gasteiger partial charge is 0.368 e. The summed E-state index contributed by atoms with van der Waals surface area (Å²) >= 11 is 0. The molecule has 4 heteroatoms. The maximum Gasteiger partial charge on any atom is 0.236 e. The van der Waals surface area contributed by atoms with Gasteiger partial charge in [-0.1, -0.05) is 12.1 Å². The van der Waals surface area contributed by atoms with E-state index in [4.69, 9.17) is 5.73 Å². The summed E-state index contributed by atoms with van der Waals surface area (Å²) in [6, 6.07) is 8.50. The van der Waals surface area contributed by atoms with Crippen molar-refractivity contribution < 1.29 is 4.79 Å². The van der Waals surface area contributed by atoms with Gasteiger partial charge in [-0.2, -0.15) is 0 Å². The average Bonchev–Trinajstić information content (AvgIpc) is 2.33. The van der Waals surface area contributed by atoms with Crippen molar-refractivity contribution in [2.75, 3.05) is 11.4 Å². The predicted molar refractivity (Wildman–Crippen MR) is 84.7 cm³/mol. The van der Waals surface area contributed by atoms with Gasteiger partial charge in [-0.3, -0.25) is 4.79 Å². The minimum Gasteiger partial charge on any atom is -0.368 e. The van der Waals surface area contributed by atoms with E-state index in [2.05, 4.69) is 52.1 Å². The molecule has 0 aliphatic heterocycles. The van der Waals surface area contributed by atoms with E-state index in [1.165, 1.54) is 5.56 Å². The number of rotatable bonds is 6. The first kappa shape index (κ1) is 16.5. The summed E-state index contributed by atoms with van der Waals surface area (Å²) in [5, 5.41) is 3.45. The van der Waals surface area contributed by atoms with Gasteiger partial charge in [0.1, 0.15) is 0 Å². The van der Waals surface area contributed by atoms with Crippen molar-refractivity contribution in [3.63, 3.8) is 0 Å². The first-order valence-electron chi connectivity index (χ1n) is 7.08. The van der Waals surface area contributed by atoms with E-state index in [-0.39, 0.29) is 24.0 Å². The Morgan fingerprint density at radius 1 is 1.25 bits per heavy atom. The predicted octanol–water partition coefficient (Wildman–Crippen LogP) is 2.27. The number of anilines is 1. The van der Waals surface area contributed by atoms with E-state index in [9.17, 15) is 4.79 Å². The highest BCUT2D eigenvalue weighted by Crippen LogP contribution is 2.18. The van der Waals surface area contributed by atoms with Crippen molar-refractivity contribution in [3.8, 4) is 0 Å². The Hall–Kier alpha value is -1.55. The SMILES string of the molecule is CC(C)N(CC(N)=O)c1ccc(CNC(C)(C)C)cc1. The maximum absolute atomic E-state index is 11.1. The van der Waals surface area contributed by atoms with Crippen LogP contribution in [0.25, 0.3) is 0 Å². The number of hydrogen-bond donors (Lipinski definition) is 2. The van der Waals surface area contributed by atoms with Crippen molar-refractivity contribution in [1.29, 1.82) is 0 Å².